The van der Waals surface area contributed by atoms with E-state index in [1.165, 1.54) is 0 Å². The Morgan fingerprint density at radius 1 is 1.17 bits per heavy atom. The van der Waals surface area contributed by atoms with Gasteiger partial charge >= 0.3 is 5.97 Å². The first kappa shape index (κ1) is 12.6. The van der Waals surface area contributed by atoms with Crippen LogP contribution in [0.5, 0.6) is 5.75 Å². The van der Waals surface area contributed by atoms with Gasteiger partial charge in [0.25, 0.3) is 0 Å². The van der Waals surface area contributed by atoms with Gasteiger partial charge in [-0.1, -0.05) is 34.1 Å². The lowest BCUT2D eigenvalue weighted by atomic mass is 10.1. The van der Waals surface area contributed by atoms with Crippen LogP contribution in [0.15, 0.2) is 53.0 Å². The quantitative estimate of drug-likeness (QED) is 0.936. The molecule has 1 N–H and O–H groups in total. The Morgan fingerprint density at radius 2 is 1.94 bits per heavy atom. The highest BCUT2D eigenvalue weighted by Crippen LogP contribution is 2.19. The van der Waals surface area contributed by atoms with Gasteiger partial charge in [0.15, 0.2) is 0 Å². The topological polar surface area (TPSA) is 46.5 Å². The molecule has 2 aromatic rings. The summed E-state index contributed by atoms with van der Waals surface area (Å²) in [4.78, 5) is 10.8. The molecule has 0 spiro atoms. The van der Waals surface area contributed by atoms with Crippen molar-refractivity contribution in [1.29, 1.82) is 0 Å². The Morgan fingerprint density at radius 3 is 2.67 bits per heavy atom. The summed E-state index contributed by atoms with van der Waals surface area (Å²) in [5.74, 6) is -0.190. The lowest BCUT2D eigenvalue weighted by Gasteiger charge is -2.07. The van der Waals surface area contributed by atoms with Crippen LogP contribution in [0, 0.1) is 0 Å². The van der Waals surface area contributed by atoms with E-state index < -0.39 is 5.97 Å². The number of halogens is 1. The second-order valence-electron chi connectivity index (χ2n) is 3.75. The van der Waals surface area contributed by atoms with E-state index in [4.69, 9.17) is 9.84 Å². The van der Waals surface area contributed by atoms with Crippen molar-refractivity contribution in [3.63, 3.8) is 0 Å². The molecule has 0 amide bonds. The summed E-state index contributed by atoms with van der Waals surface area (Å²) in [6.07, 6.45) is 0. The highest BCUT2D eigenvalue weighted by atomic mass is 79.9. The molecule has 0 saturated heterocycles. The number of rotatable bonds is 4. The molecule has 0 aliphatic heterocycles. The first-order chi connectivity index (χ1) is 8.65. The van der Waals surface area contributed by atoms with Crippen LogP contribution in [0.1, 0.15) is 15.9 Å². The smallest absolute Gasteiger partial charge is 0.335 e. The molecule has 4 heteroatoms. The highest BCUT2D eigenvalue weighted by molar-refractivity contribution is 9.10. The summed E-state index contributed by atoms with van der Waals surface area (Å²) in [5.41, 5.74) is 1.10. The predicted molar refractivity (Wildman–Crippen MR) is 71.9 cm³/mol. The van der Waals surface area contributed by atoms with Gasteiger partial charge in [-0.15, -0.1) is 0 Å². The van der Waals surface area contributed by atoms with E-state index in [-0.39, 0.29) is 5.56 Å². The minimum absolute atomic E-state index is 0.269. The minimum atomic E-state index is -0.931. The van der Waals surface area contributed by atoms with Crippen molar-refractivity contribution in [3.8, 4) is 5.75 Å². The zero-order valence-corrected chi connectivity index (χ0v) is 11.1. The normalized spacial score (nSPS) is 10.1. The predicted octanol–water partition coefficient (Wildman–Crippen LogP) is 3.73. The summed E-state index contributed by atoms with van der Waals surface area (Å²) in [5, 5.41) is 8.88. The Kier molecular flexibility index (Phi) is 3.99. The largest absolute Gasteiger partial charge is 0.489 e. The van der Waals surface area contributed by atoms with E-state index in [1.807, 2.05) is 30.3 Å². The van der Waals surface area contributed by atoms with E-state index in [1.54, 1.807) is 18.2 Å². The van der Waals surface area contributed by atoms with Crippen LogP contribution in [0.25, 0.3) is 0 Å². The highest BCUT2D eigenvalue weighted by Gasteiger charge is 2.03. The SMILES string of the molecule is O=C(O)c1cccc(COc2cccc(Br)c2)c1. The fraction of sp³-hybridized carbons (Fsp3) is 0.0714. The monoisotopic (exact) mass is 306 g/mol. The molecular weight excluding hydrogens is 296 g/mol. The van der Waals surface area contributed by atoms with Gasteiger partial charge in [0.2, 0.25) is 0 Å². The average molecular weight is 307 g/mol. The fourth-order valence-corrected chi connectivity index (χ4v) is 1.90. The van der Waals surface area contributed by atoms with Crippen molar-refractivity contribution >= 4 is 21.9 Å². The molecule has 0 aliphatic rings. The molecule has 0 fully saturated rings. The summed E-state index contributed by atoms with van der Waals surface area (Å²) < 4.78 is 6.53. The standard InChI is InChI=1S/C14H11BrO3/c15-12-5-2-6-13(8-12)18-9-10-3-1-4-11(7-10)14(16)17/h1-8H,9H2,(H,16,17). The maximum Gasteiger partial charge on any atom is 0.335 e. The number of benzene rings is 2. The lowest BCUT2D eigenvalue weighted by molar-refractivity contribution is 0.0696. The maximum absolute atomic E-state index is 10.8. The van der Waals surface area contributed by atoms with Crippen molar-refractivity contribution in [3.05, 3.63) is 64.1 Å². The van der Waals surface area contributed by atoms with E-state index in [0.717, 1.165) is 15.8 Å². The van der Waals surface area contributed by atoms with Gasteiger partial charge in [0, 0.05) is 4.47 Å². The zero-order chi connectivity index (χ0) is 13.0. The summed E-state index contributed by atoms with van der Waals surface area (Å²) in [6, 6.07) is 14.2. The van der Waals surface area contributed by atoms with Gasteiger partial charge in [0.05, 0.1) is 5.56 Å². The summed E-state index contributed by atoms with van der Waals surface area (Å²) in [7, 11) is 0. The van der Waals surface area contributed by atoms with Gasteiger partial charge in [-0.25, -0.2) is 4.79 Å². The summed E-state index contributed by atoms with van der Waals surface area (Å²) >= 11 is 3.36. The molecule has 0 aliphatic carbocycles. The summed E-state index contributed by atoms with van der Waals surface area (Å²) in [6.45, 7) is 0.345. The van der Waals surface area contributed by atoms with E-state index in [9.17, 15) is 4.79 Å². The molecule has 92 valence electrons. The average Bonchev–Trinajstić information content (AvgIpc) is 2.37. The third-order valence-corrected chi connectivity index (χ3v) is 2.87. The number of carboxylic acid groups (broad SMARTS) is 1. The molecule has 0 unspecified atom stereocenters. The number of carbonyl (C=O) groups is 1. The van der Waals surface area contributed by atoms with Gasteiger partial charge in [-0.2, -0.15) is 0 Å². The van der Waals surface area contributed by atoms with E-state index in [0.29, 0.717) is 6.61 Å². The van der Waals surface area contributed by atoms with Crippen LogP contribution in [0.2, 0.25) is 0 Å². The van der Waals surface area contributed by atoms with Crippen LogP contribution in [-0.4, -0.2) is 11.1 Å². The number of aromatic carboxylic acids is 1. The molecule has 0 bridgehead atoms. The number of hydrogen-bond acceptors (Lipinski definition) is 2. The van der Waals surface area contributed by atoms with Crippen molar-refractivity contribution in [2.45, 2.75) is 6.61 Å². The molecule has 2 aromatic carbocycles. The third kappa shape index (κ3) is 3.34. The first-order valence-electron chi connectivity index (χ1n) is 5.36. The molecule has 2 rings (SSSR count). The molecule has 0 saturated carbocycles. The van der Waals surface area contributed by atoms with Crippen molar-refractivity contribution in [1.82, 2.24) is 0 Å². The molecular formula is C14H11BrO3. The second kappa shape index (κ2) is 5.69. The molecule has 0 atom stereocenters. The second-order valence-corrected chi connectivity index (χ2v) is 4.67. The molecule has 0 aromatic heterocycles. The Hall–Kier alpha value is -1.81. The van der Waals surface area contributed by atoms with Crippen LogP contribution in [0.3, 0.4) is 0 Å². The fourth-order valence-electron chi connectivity index (χ4n) is 1.52. The molecule has 0 heterocycles. The number of carboxylic acids is 1. The van der Waals surface area contributed by atoms with Crippen LogP contribution >= 0.6 is 15.9 Å². The van der Waals surface area contributed by atoms with Crippen molar-refractivity contribution in [2.24, 2.45) is 0 Å². The van der Waals surface area contributed by atoms with Crippen LogP contribution in [-0.2, 0) is 6.61 Å². The van der Waals surface area contributed by atoms with E-state index >= 15 is 0 Å². The molecule has 18 heavy (non-hydrogen) atoms. The Bertz CT molecular complexity index is 566. The Labute approximate surface area is 113 Å². The van der Waals surface area contributed by atoms with E-state index in [2.05, 4.69) is 15.9 Å². The third-order valence-electron chi connectivity index (χ3n) is 2.38. The zero-order valence-electron chi connectivity index (χ0n) is 9.47. The van der Waals surface area contributed by atoms with Gasteiger partial charge < -0.3 is 9.84 Å². The number of hydrogen-bond donors (Lipinski definition) is 1. The van der Waals surface area contributed by atoms with Crippen molar-refractivity contribution in [2.75, 3.05) is 0 Å². The van der Waals surface area contributed by atoms with Crippen LogP contribution < -0.4 is 4.74 Å². The van der Waals surface area contributed by atoms with Gasteiger partial charge in [-0.3, -0.25) is 0 Å². The minimum Gasteiger partial charge on any atom is -0.489 e. The van der Waals surface area contributed by atoms with Crippen molar-refractivity contribution < 1.29 is 14.6 Å². The first-order valence-corrected chi connectivity index (χ1v) is 6.15. The lowest BCUT2D eigenvalue weighted by Crippen LogP contribution is -2.00. The van der Waals surface area contributed by atoms with Crippen LogP contribution in [0.4, 0.5) is 0 Å². The number of ether oxygens (including phenoxy) is 1. The van der Waals surface area contributed by atoms with Gasteiger partial charge in [0.1, 0.15) is 12.4 Å². The maximum atomic E-state index is 10.8. The molecule has 0 radical (unpaired) electrons. The Balaban J connectivity index is 2.06. The molecule has 3 nitrogen and oxygen atoms in total. The van der Waals surface area contributed by atoms with Gasteiger partial charge in [-0.05, 0) is 35.9 Å².